The summed E-state index contributed by atoms with van der Waals surface area (Å²) in [5.41, 5.74) is 0.454. The first kappa shape index (κ1) is 18.3. The molecular weight excluding hydrogens is 344 g/mol. The van der Waals surface area contributed by atoms with Crippen LogP contribution < -0.4 is 15.6 Å². The van der Waals surface area contributed by atoms with Crippen LogP contribution in [0, 0.1) is 0 Å². The van der Waals surface area contributed by atoms with E-state index in [9.17, 15) is 14.7 Å². The lowest BCUT2D eigenvalue weighted by Crippen LogP contribution is -2.33. The van der Waals surface area contributed by atoms with E-state index in [-0.39, 0.29) is 24.4 Å². The van der Waals surface area contributed by atoms with E-state index in [1.807, 2.05) is 18.2 Å². The first-order chi connectivity index (χ1) is 13.1. The Morgan fingerprint density at radius 3 is 2.67 bits per heavy atom. The van der Waals surface area contributed by atoms with Gasteiger partial charge in [-0.2, -0.15) is 0 Å². The number of aromatic nitrogens is 1. The second kappa shape index (κ2) is 7.78. The zero-order valence-electron chi connectivity index (χ0n) is 14.9. The summed E-state index contributed by atoms with van der Waals surface area (Å²) in [4.78, 5) is 25.5. The molecule has 138 valence electrons. The van der Waals surface area contributed by atoms with Gasteiger partial charge in [0.1, 0.15) is 17.1 Å². The van der Waals surface area contributed by atoms with Crippen molar-refractivity contribution in [3.8, 4) is 11.5 Å². The summed E-state index contributed by atoms with van der Waals surface area (Å²) in [6, 6.07) is 14.1. The van der Waals surface area contributed by atoms with Crippen LogP contribution in [0.25, 0.3) is 10.9 Å². The Morgan fingerprint density at radius 1 is 1.22 bits per heavy atom. The van der Waals surface area contributed by atoms with Gasteiger partial charge in [-0.15, -0.1) is 6.58 Å². The van der Waals surface area contributed by atoms with Crippen LogP contribution in [0.15, 0.2) is 66.0 Å². The van der Waals surface area contributed by atoms with E-state index in [0.717, 1.165) is 5.56 Å². The van der Waals surface area contributed by atoms with Gasteiger partial charge in [-0.05, 0) is 18.2 Å². The summed E-state index contributed by atoms with van der Waals surface area (Å²) < 4.78 is 6.68. The molecule has 0 saturated carbocycles. The van der Waals surface area contributed by atoms with Crippen LogP contribution in [0.4, 0.5) is 0 Å². The molecule has 3 aromatic rings. The summed E-state index contributed by atoms with van der Waals surface area (Å²) >= 11 is 0. The van der Waals surface area contributed by atoms with Crippen molar-refractivity contribution in [2.75, 3.05) is 7.11 Å². The molecule has 0 aliphatic heterocycles. The Kier molecular flexibility index (Phi) is 5.26. The second-order valence-corrected chi connectivity index (χ2v) is 5.94. The molecule has 0 aliphatic rings. The fraction of sp³-hybridized carbons (Fsp3) is 0.143. The number of carbonyl (C=O) groups is 1. The van der Waals surface area contributed by atoms with Gasteiger partial charge in [-0.3, -0.25) is 9.59 Å². The van der Waals surface area contributed by atoms with Crippen molar-refractivity contribution in [1.29, 1.82) is 0 Å². The van der Waals surface area contributed by atoms with Gasteiger partial charge in [0.25, 0.3) is 11.5 Å². The van der Waals surface area contributed by atoms with Crippen molar-refractivity contribution in [2.45, 2.75) is 13.1 Å². The SMILES string of the molecule is C=CCn1c(=O)c(C(=O)NCc2ccccc2OC)c(O)c2ccccc21. The molecule has 0 fully saturated rings. The Morgan fingerprint density at radius 2 is 1.93 bits per heavy atom. The molecule has 0 saturated heterocycles. The maximum Gasteiger partial charge on any atom is 0.268 e. The lowest BCUT2D eigenvalue weighted by atomic mass is 10.1. The van der Waals surface area contributed by atoms with Gasteiger partial charge in [0.2, 0.25) is 0 Å². The molecule has 1 heterocycles. The quantitative estimate of drug-likeness (QED) is 0.659. The number of rotatable bonds is 6. The molecule has 3 rings (SSSR count). The number of hydrogen-bond acceptors (Lipinski definition) is 4. The molecule has 6 heteroatoms. The highest BCUT2D eigenvalue weighted by molar-refractivity contribution is 6.02. The van der Waals surface area contributed by atoms with Crippen molar-refractivity contribution in [2.24, 2.45) is 0 Å². The number of carbonyl (C=O) groups excluding carboxylic acids is 1. The monoisotopic (exact) mass is 364 g/mol. The highest BCUT2D eigenvalue weighted by Gasteiger charge is 2.21. The van der Waals surface area contributed by atoms with Crippen LogP contribution in [0.1, 0.15) is 15.9 Å². The summed E-state index contributed by atoms with van der Waals surface area (Å²) in [6.07, 6.45) is 1.57. The number of hydrogen-bond donors (Lipinski definition) is 2. The Hall–Kier alpha value is -3.54. The number of benzene rings is 2. The van der Waals surface area contributed by atoms with Crippen LogP contribution in [0.3, 0.4) is 0 Å². The molecule has 0 bridgehead atoms. The normalized spacial score (nSPS) is 10.6. The van der Waals surface area contributed by atoms with Crippen molar-refractivity contribution in [3.63, 3.8) is 0 Å². The molecule has 0 aliphatic carbocycles. The summed E-state index contributed by atoms with van der Waals surface area (Å²) in [5.74, 6) is -0.343. The van der Waals surface area contributed by atoms with Gasteiger partial charge in [0.05, 0.1) is 12.6 Å². The van der Waals surface area contributed by atoms with Crippen LogP contribution >= 0.6 is 0 Å². The number of allylic oxidation sites excluding steroid dienone is 1. The predicted octanol–water partition coefficient (Wildman–Crippen LogP) is 2.83. The highest BCUT2D eigenvalue weighted by atomic mass is 16.5. The van der Waals surface area contributed by atoms with Crippen molar-refractivity contribution >= 4 is 16.8 Å². The average molecular weight is 364 g/mol. The number of nitrogens with one attached hydrogen (secondary N) is 1. The highest BCUT2D eigenvalue weighted by Crippen LogP contribution is 2.26. The zero-order chi connectivity index (χ0) is 19.4. The summed E-state index contributed by atoms with van der Waals surface area (Å²) in [7, 11) is 1.55. The number of methoxy groups -OCH3 is 1. The molecule has 0 unspecified atom stereocenters. The van der Waals surface area contributed by atoms with E-state index in [1.165, 1.54) is 4.57 Å². The van der Waals surface area contributed by atoms with E-state index >= 15 is 0 Å². The fourth-order valence-electron chi connectivity index (χ4n) is 3.02. The molecule has 27 heavy (non-hydrogen) atoms. The Bertz CT molecular complexity index is 1070. The van der Waals surface area contributed by atoms with E-state index < -0.39 is 11.5 Å². The predicted molar refractivity (Wildman–Crippen MR) is 104 cm³/mol. The Balaban J connectivity index is 2.02. The van der Waals surface area contributed by atoms with Gasteiger partial charge >= 0.3 is 0 Å². The minimum Gasteiger partial charge on any atom is -0.506 e. The number of fused-ring (bicyclic) bond motifs is 1. The molecule has 1 amide bonds. The van der Waals surface area contributed by atoms with E-state index in [1.54, 1.807) is 43.5 Å². The number of nitrogens with zero attached hydrogens (tertiary/aromatic N) is 1. The number of aromatic hydroxyl groups is 1. The molecular formula is C21H20N2O4. The smallest absolute Gasteiger partial charge is 0.268 e. The third-order valence-electron chi connectivity index (χ3n) is 4.32. The van der Waals surface area contributed by atoms with Gasteiger partial charge in [0.15, 0.2) is 0 Å². The molecule has 1 aromatic heterocycles. The third-order valence-corrected chi connectivity index (χ3v) is 4.32. The lowest BCUT2D eigenvalue weighted by Gasteiger charge is -2.14. The molecule has 6 nitrogen and oxygen atoms in total. The second-order valence-electron chi connectivity index (χ2n) is 5.94. The van der Waals surface area contributed by atoms with Crippen molar-refractivity contribution < 1.29 is 14.6 Å². The lowest BCUT2D eigenvalue weighted by molar-refractivity contribution is 0.0946. The average Bonchev–Trinajstić information content (AvgIpc) is 2.70. The summed E-state index contributed by atoms with van der Waals surface area (Å²) in [5, 5.41) is 13.7. The van der Waals surface area contributed by atoms with Crippen LogP contribution in [-0.2, 0) is 13.1 Å². The first-order valence-corrected chi connectivity index (χ1v) is 8.44. The van der Waals surface area contributed by atoms with Gasteiger partial charge in [-0.25, -0.2) is 0 Å². The summed E-state index contributed by atoms with van der Waals surface area (Å²) in [6.45, 7) is 4.05. The third kappa shape index (κ3) is 3.42. The molecule has 2 aromatic carbocycles. The van der Waals surface area contributed by atoms with E-state index in [4.69, 9.17) is 4.74 Å². The minimum atomic E-state index is -0.646. The standard InChI is InChI=1S/C21H20N2O4/c1-3-12-23-16-10-6-5-9-15(16)19(24)18(21(23)26)20(25)22-13-14-8-4-7-11-17(14)27-2/h3-11,24H,1,12-13H2,2H3,(H,22,25). The number of para-hydroxylation sites is 2. The Labute approximate surface area is 156 Å². The molecule has 2 N–H and O–H groups in total. The minimum absolute atomic E-state index is 0.163. The maximum absolute atomic E-state index is 12.8. The topological polar surface area (TPSA) is 80.6 Å². The number of ether oxygens (including phenoxy) is 1. The van der Waals surface area contributed by atoms with Crippen LogP contribution in [-0.4, -0.2) is 22.7 Å². The van der Waals surface area contributed by atoms with Crippen molar-refractivity contribution in [1.82, 2.24) is 9.88 Å². The van der Waals surface area contributed by atoms with E-state index in [2.05, 4.69) is 11.9 Å². The zero-order valence-corrected chi connectivity index (χ0v) is 14.9. The van der Waals surface area contributed by atoms with Crippen molar-refractivity contribution in [3.05, 3.63) is 82.7 Å². The maximum atomic E-state index is 12.8. The van der Waals surface area contributed by atoms with Crippen LogP contribution in [0.2, 0.25) is 0 Å². The molecule has 0 radical (unpaired) electrons. The van der Waals surface area contributed by atoms with Gasteiger partial charge in [-0.1, -0.05) is 36.4 Å². The van der Waals surface area contributed by atoms with Crippen LogP contribution in [0.5, 0.6) is 11.5 Å². The van der Waals surface area contributed by atoms with E-state index in [0.29, 0.717) is 16.7 Å². The van der Waals surface area contributed by atoms with Gasteiger partial charge in [0, 0.05) is 24.0 Å². The first-order valence-electron chi connectivity index (χ1n) is 8.44. The fourth-order valence-corrected chi connectivity index (χ4v) is 3.02. The molecule has 0 spiro atoms. The molecule has 0 atom stereocenters. The number of pyridine rings is 1. The largest absolute Gasteiger partial charge is 0.506 e. The van der Waals surface area contributed by atoms with Gasteiger partial charge < -0.3 is 19.7 Å². The number of amides is 1.